The molecule has 2 heterocycles. The van der Waals surface area contributed by atoms with E-state index < -0.39 is 12.0 Å². The van der Waals surface area contributed by atoms with Crippen LogP contribution in [0.4, 0.5) is 0 Å². The monoisotopic (exact) mass is 536 g/mol. The Morgan fingerprint density at radius 1 is 1.05 bits per heavy atom. The molecule has 0 radical (unpaired) electrons. The van der Waals surface area contributed by atoms with Crippen LogP contribution in [-0.4, -0.2) is 37.5 Å². The Kier molecular flexibility index (Phi) is 8.68. The first-order chi connectivity index (χ1) is 18.4. The van der Waals surface area contributed by atoms with Gasteiger partial charge in [-0.1, -0.05) is 43.4 Å². The maximum Gasteiger partial charge on any atom is 0.337 e. The van der Waals surface area contributed by atoms with Crippen molar-refractivity contribution >= 4 is 23.4 Å². The number of carbonyl (C=O) groups is 1. The molecule has 0 saturated carbocycles. The van der Waals surface area contributed by atoms with E-state index in [-0.39, 0.29) is 11.1 Å². The van der Waals surface area contributed by atoms with Gasteiger partial charge in [0.25, 0.3) is 5.56 Å². The number of ether oxygens (including phenoxy) is 4. The third kappa shape index (κ3) is 5.83. The summed E-state index contributed by atoms with van der Waals surface area (Å²) < 4.78 is 24.3. The molecule has 1 atom stereocenters. The fraction of sp³-hybridized carbons (Fsp3) is 0.345. The van der Waals surface area contributed by atoms with Crippen molar-refractivity contribution in [1.82, 2.24) is 4.57 Å². The summed E-state index contributed by atoms with van der Waals surface area (Å²) >= 11 is 1.27. The SMILES string of the molecule is CCOc1ccc([C@H]2C(C(=O)OC)=CN=c3s/c(=C\c4ccc(OCC(C)C)cc4)c(=O)n32)cc1OCC. The number of hydrogen-bond acceptors (Lipinski definition) is 8. The van der Waals surface area contributed by atoms with Gasteiger partial charge in [-0.05, 0) is 61.2 Å². The molecule has 0 spiro atoms. The summed E-state index contributed by atoms with van der Waals surface area (Å²) in [5.41, 5.74) is 1.54. The number of aromatic nitrogens is 1. The molecule has 0 N–H and O–H groups in total. The van der Waals surface area contributed by atoms with Crippen molar-refractivity contribution in [2.75, 3.05) is 26.9 Å². The van der Waals surface area contributed by atoms with E-state index in [0.29, 0.717) is 52.1 Å². The Morgan fingerprint density at radius 2 is 1.76 bits per heavy atom. The van der Waals surface area contributed by atoms with Crippen molar-refractivity contribution in [2.45, 2.75) is 33.7 Å². The fourth-order valence-corrected chi connectivity index (χ4v) is 5.03. The first kappa shape index (κ1) is 27.2. The zero-order chi connectivity index (χ0) is 27.2. The summed E-state index contributed by atoms with van der Waals surface area (Å²) in [5.74, 6) is 1.78. The van der Waals surface area contributed by atoms with Gasteiger partial charge < -0.3 is 18.9 Å². The number of benzene rings is 2. The summed E-state index contributed by atoms with van der Waals surface area (Å²) in [5, 5.41) is 0. The van der Waals surface area contributed by atoms with Crippen molar-refractivity contribution in [1.29, 1.82) is 0 Å². The van der Waals surface area contributed by atoms with Gasteiger partial charge in [0.15, 0.2) is 16.3 Å². The predicted octanol–water partition coefficient (Wildman–Crippen LogP) is 3.85. The highest BCUT2D eigenvalue weighted by atomic mass is 32.1. The number of carbonyl (C=O) groups excluding carboxylic acids is 1. The highest BCUT2D eigenvalue weighted by Crippen LogP contribution is 2.35. The molecule has 9 heteroatoms. The molecule has 38 heavy (non-hydrogen) atoms. The number of esters is 1. The first-order valence-electron chi connectivity index (χ1n) is 12.6. The zero-order valence-electron chi connectivity index (χ0n) is 22.2. The standard InChI is InChI=1S/C29H32N2O6S/c1-6-35-23-13-10-20(15-24(23)36-7-2)26-22(28(33)34-5)16-30-29-31(26)27(32)25(38-29)14-19-8-11-21(12-9-19)37-17-18(3)4/h8-16,18,26H,6-7,17H2,1-5H3/b25-14-/t26-/m0/s1. The van der Waals surface area contributed by atoms with E-state index in [9.17, 15) is 9.59 Å². The molecular formula is C29H32N2O6S. The van der Waals surface area contributed by atoms with Crippen LogP contribution in [0.25, 0.3) is 6.08 Å². The molecule has 8 nitrogen and oxygen atoms in total. The summed E-state index contributed by atoms with van der Waals surface area (Å²) in [7, 11) is 1.31. The van der Waals surface area contributed by atoms with E-state index in [4.69, 9.17) is 18.9 Å². The molecule has 0 fully saturated rings. The number of thiazole rings is 1. The van der Waals surface area contributed by atoms with E-state index in [2.05, 4.69) is 18.8 Å². The number of fused-ring (bicyclic) bond motifs is 1. The van der Waals surface area contributed by atoms with Gasteiger partial charge in [-0.15, -0.1) is 0 Å². The molecule has 2 aromatic carbocycles. The average molecular weight is 537 g/mol. The van der Waals surface area contributed by atoms with Crippen LogP contribution >= 0.6 is 11.3 Å². The highest BCUT2D eigenvalue weighted by Gasteiger charge is 2.31. The predicted molar refractivity (Wildman–Crippen MR) is 147 cm³/mol. The number of nitrogens with zero attached hydrogens (tertiary/aromatic N) is 2. The second kappa shape index (κ2) is 12.1. The zero-order valence-corrected chi connectivity index (χ0v) is 23.0. The van der Waals surface area contributed by atoms with E-state index in [1.165, 1.54) is 29.2 Å². The van der Waals surface area contributed by atoms with E-state index in [0.717, 1.165) is 11.3 Å². The lowest BCUT2D eigenvalue weighted by Crippen LogP contribution is -2.39. The second-order valence-corrected chi connectivity index (χ2v) is 10.0. The van der Waals surface area contributed by atoms with Crippen LogP contribution in [0.5, 0.6) is 17.2 Å². The maximum atomic E-state index is 13.7. The normalized spacial score (nSPS) is 14.9. The number of hydrogen-bond donors (Lipinski definition) is 0. The molecule has 0 aliphatic carbocycles. The molecule has 4 rings (SSSR count). The highest BCUT2D eigenvalue weighted by molar-refractivity contribution is 7.07. The summed E-state index contributed by atoms with van der Waals surface area (Å²) in [6, 6.07) is 12.3. The topological polar surface area (TPSA) is 88.4 Å². The van der Waals surface area contributed by atoms with Crippen LogP contribution in [-0.2, 0) is 9.53 Å². The van der Waals surface area contributed by atoms with Gasteiger partial charge in [-0.3, -0.25) is 9.36 Å². The van der Waals surface area contributed by atoms with Crippen molar-refractivity contribution < 1.29 is 23.7 Å². The van der Waals surface area contributed by atoms with Gasteiger partial charge in [-0.25, -0.2) is 9.79 Å². The third-order valence-electron chi connectivity index (χ3n) is 5.77. The molecule has 0 amide bonds. The molecule has 1 aliphatic heterocycles. The van der Waals surface area contributed by atoms with Gasteiger partial charge >= 0.3 is 5.97 Å². The Bertz CT molecular complexity index is 1500. The van der Waals surface area contributed by atoms with Crippen molar-refractivity contribution in [3.8, 4) is 17.2 Å². The third-order valence-corrected chi connectivity index (χ3v) is 6.77. The number of rotatable bonds is 10. The van der Waals surface area contributed by atoms with E-state index in [1.54, 1.807) is 12.1 Å². The van der Waals surface area contributed by atoms with Crippen LogP contribution in [0.2, 0.25) is 0 Å². The molecule has 1 aromatic heterocycles. The fourth-order valence-electron chi connectivity index (χ4n) is 4.06. The van der Waals surface area contributed by atoms with Crippen LogP contribution < -0.4 is 29.1 Å². The van der Waals surface area contributed by atoms with Crippen LogP contribution in [0.15, 0.2) is 64.0 Å². The van der Waals surface area contributed by atoms with Crippen LogP contribution in [0.1, 0.15) is 44.9 Å². The Hall–Kier alpha value is -3.85. The lowest BCUT2D eigenvalue weighted by atomic mass is 9.97. The number of methoxy groups -OCH3 is 1. The smallest absolute Gasteiger partial charge is 0.337 e. The molecule has 200 valence electrons. The molecule has 0 bridgehead atoms. The van der Waals surface area contributed by atoms with E-state index >= 15 is 0 Å². The molecular weight excluding hydrogens is 504 g/mol. The molecule has 0 unspecified atom stereocenters. The largest absolute Gasteiger partial charge is 0.493 e. The van der Waals surface area contributed by atoms with Crippen molar-refractivity contribution in [2.24, 2.45) is 10.9 Å². The molecule has 1 aliphatic rings. The summed E-state index contributed by atoms with van der Waals surface area (Å²) in [6.07, 6.45) is 3.29. The average Bonchev–Trinajstić information content (AvgIpc) is 3.23. The second-order valence-electron chi connectivity index (χ2n) is 9.02. The van der Waals surface area contributed by atoms with Gasteiger partial charge in [0.2, 0.25) is 0 Å². The summed E-state index contributed by atoms with van der Waals surface area (Å²) in [6.45, 7) is 9.52. The quantitative estimate of drug-likeness (QED) is 0.366. The first-order valence-corrected chi connectivity index (χ1v) is 13.4. The van der Waals surface area contributed by atoms with Crippen LogP contribution in [0, 0.1) is 5.92 Å². The minimum atomic E-state index is -0.734. The van der Waals surface area contributed by atoms with E-state index in [1.807, 2.05) is 50.3 Å². The van der Waals surface area contributed by atoms with Gasteiger partial charge in [-0.2, -0.15) is 0 Å². The minimum absolute atomic E-state index is 0.250. The Balaban J connectivity index is 1.79. The summed E-state index contributed by atoms with van der Waals surface area (Å²) in [4.78, 5) is 31.4. The van der Waals surface area contributed by atoms with Crippen molar-refractivity contribution in [3.05, 3.63) is 85.1 Å². The van der Waals surface area contributed by atoms with Gasteiger partial charge in [0.05, 0.1) is 43.1 Å². The van der Waals surface area contributed by atoms with Gasteiger partial charge in [0.1, 0.15) is 5.75 Å². The maximum absolute atomic E-state index is 13.7. The Morgan fingerprint density at radius 3 is 2.42 bits per heavy atom. The molecule has 3 aromatic rings. The minimum Gasteiger partial charge on any atom is -0.493 e. The van der Waals surface area contributed by atoms with Gasteiger partial charge in [0, 0.05) is 6.20 Å². The molecule has 0 saturated heterocycles. The Labute approximate surface area is 225 Å². The van der Waals surface area contributed by atoms with Crippen LogP contribution in [0.3, 0.4) is 0 Å². The van der Waals surface area contributed by atoms with Crippen molar-refractivity contribution in [3.63, 3.8) is 0 Å². The lowest BCUT2D eigenvalue weighted by molar-refractivity contribution is -0.136. The lowest BCUT2D eigenvalue weighted by Gasteiger charge is -2.23.